The third-order valence-corrected chi connectivity index (χ3v) is 3.90. The van der Waals surface area contributed by atoms with Crippen LogP contribution in [0.5, 0.6) is 5.75 Å². The van der Waals surface area contributed by atoms with Gasteiger partial charge < -0.3 is 10.1 Å². The van der Waals surface area contributed by atoms with E-state index in [1.54, 1.807) is 7.11 Å². The first-order chi connectivity index (χ1) is 10.7. The van der Waals surface area contributed by atoms with Gasteiger partial charge in [0.15, 0.2) is 0 Å². The molecule has 0 aliphatic carbocycles. The van der Waals surface area contributed by atoms with Crippen LogP contribution < -0.4 is 10.1 Å². The lowest BCUT2D eigenvalue weighted by molar-refractivity contribution is -0.122. The first-order valence-corrected chi connectivity index (χ1v) is 7.43. The highest BCUT2D eigenvalue weighted by molar-refractivity contribution is 5.78. The summed E-state index contributed by atoms with van der Waals surface area (Å²) >= 11 is 0. The molecule has 1 aliphatic heterocycles. The summed E-state index contributed by atoms with van der Waals surface area (Å²) in [6.45, 7) is 2.65. The van der Waals surface area contributed by atoms with E-state index in [4.69, 9.17) is 4.74 Å². The van der Waals surface area contributed by atoms with Crippen LogP contribution in [-0.2, 0) is 24.4 Å². The highest BCUT2D eigenvalue weighted by Gasteiger charge is 2.20. The fourth-order valence-corrected chi connectivity index (χ4v) is 2.76. The minimum Gasteiger partial charge on any atom is -0.497 e. The van der Waals surface area contributed by atoms with Crippen LogP contribution in [0, 0.1) is 0 Å². The fraction of sp³-hybridized carbons (Fsp3) is 0.278. The van der Waals surface area contributed by atoms with Crippen LogP contribution in [0.2, 0.25) is 0 Å². The molecule has 114 valence electrons. The van der Waals surface area contributed by atoms with Crippen molar-refractivity contribution in [3.8, 4) is 5.75 Å². The van der Waals surface area contributed by atoms with Crippen LogP contribution in [0.25, 0.3) is 0 Å². The Bertz CT molecular complexity index is 645. The molecular formula is C18H20N2O2. The van der Waals surface area contributed by atoms with Crippen LogP contribution in [0.1, 0.15) is 16.7 Å². The highest BCUT2D eigenvalue weighted by Crippen LogP contribution is 2.21. The van der Waals surface area contributed by atoms with E-state index < -0.39 is 0 Å². The quantitative estimate of drug-likeness (QED) is 0.920. The van der Waals surface area contributed by atoms with Crippen LogP contribution in [0.3, 0.4) is 0 Å². The Morgan fingerprint density at radius 2 is 1.86 bits per heavy atom. The Morgan fingerprint density at radius 1 is 1.14 bits per heavy atom. The molecule has 0 spiro atoms. The normalized spacial score (nSPS) is 13.7. The summed E-state index contributed by atoms with van der Waals surface area (Å²) in [6, 6.07) is 16.1. The van der Waals surface area contributed by atoms with E-state index in [-0.39, 0.29) is 5.91 Å². The third-order valence-electron chi connectivity index (χ3n) is 3.90. The minimum absolute atomic E-state index is 0.0515. The zero-order chi connectivity index (χ0) is 15.4. The van der Waals surface area contributed by atoms with Crippen molar-refractivity contribution in [1.29, 1.82) is 0 Å². The molecule has 0 bridgehead atoms. The molecule has 1 heterocycles. The van der Waals surface area contributed by atoms with Crippen LogP contribution >= 0.6 is 0 Å². The first kappa shape index (κ1) is 14.6. The van der Waals surface area contributed by atoms with Crippen molar-refractivity contribution in [3.05, 3.63) is 65.2 Å². The van der Waals surface area contributed by atoms with Crippen molar-refractivity contribution >= 4 is 5.91 Å². The zero-order valence-corrected chi connectivity index (χ0v) is 12.7. The number of benzene rings is 2. The number of carbonyl (C=O) groups excluding carboxylic acids is 1. The SMILES string of the molecule is COc1cccc(CNC(=O)CN2Cc3ccccc3C2)c1. The predicted molar refractivity (Wildman–Crippen MR) is 85.4 cm³/mol. The molecule has 0 unspecified atom stereocenters. The minimum atomic E-state index is 0.0515. The van der Waals surface area contributed by atoms with E-state index >= 15 is 0 Å². The van der Waals surface area contributed by atoms with Crippen LogP contribution in [-0.4, -0.2) is 24.5 Å². The summed E-state index contributed by atoms with van der Waals surface area (Å²) < 4.78 is 5.18. The lowest BCUT2D eigenvalue weighted by atomic mass is 10.1. The number of rotatable bonds is 5. The van der Waals surface area contributed by atoms with Crippen molar-refractivity contribution < 1.29 is 9.53 Å². The molecular weight excluding hydrogens is 276 g/mol. The van der Waals surface area contributed by atoms with Gasteiger partial charge >= 0.3 is 0 Å². The Labute approximate surface area is 130 Å². The second kappa shape index (κ2) is 6.62. The maximum Gasteiger partial charge on any atom is 0.234 e. The van der Waals surface area contributed by atoms with Crippen molar-refractivity contribution in [2.24, 2.45) is 0 Å². The summed E-state index contributed by atoms with van der Waals surface area (Å²) in [5, 5.41) is 2.97. The van der Waals surface area contributed by atoms with Gasteiger partial charge in [-0.3, -0.25) is 9.69 Å². The maximum absolute atomic E-state index is 12.1. The molecule has 1 amide bonds. The molecule has 3 rings (SSSR count). The smallest absolute Gasteiger partial charge is 0.234 e. The number of carbonyl (C=O) groups is 1. The Morgan fingerprint density at radius 3 is 2.55 bits per heavy atom. The number of hydrogen-bond donors (Lipinski definition) is 1. The summed E-state index contributed by atoms with van der Waals surface area (Å²) in [6.07, 6.45) is 0. The van der Waals surface area contributed by atoms with E-state index in [1.165, 1.54) is 11.1 Å². The number of ether oxygens (including phenoxy) is 1. The monoisotopic (exact) mass is 296 g/mol. The maximum atomic E-state index is 12.1. The van der Waals surface area contributed by atoms with E-state index in [0.717, 1.165) is 24.4 Å². The number of nitrogens with zero attached hydrogens (tertiary/aromatic N) is 1. The Kier molecular flexibility index (Phi) is 4.39. The Hall–Kier alpha value is -2.33. The van der Waals surface area contributed by atoms with Gasteiger partial charge in [0.2, 0.25) is 5.91 Å². The van der Waals surface area contributed by atoms with Gasteiger partial charge in [0.05, 0.1) is 13.7 Å². The number of fused-ring (bicyclic) bond motifs is 1. The van der Waals surface area contributed by atoms with Gasteiger partial charge in [-0.2, -0.15) is 0 Å². The predicted octanol–water partition coefficient (Wildman–Crippen LogP) is 2.33. The van der Waals surface area contributed by atoms with Gasteiger partial charge in [-0.05, 0) is 28.8 Å². The number of nitrogens with one attached hydrogen (secondary N) is 1. The summed E-state index contributed by atoms with van der Waals surface area (Å²) in [4.78, 5) is 14.3. The molecule has 0 radical (unpaired) electrons. The number of amides is 1. The molecule has 0 saturated heterocycles. The molecule has 4 nitrogen and oxygen atoms in total. The molecule has 0 aromatic heterocycles. The average Bonchev–Trinajstić information content (AvgIpc) is 2.95. The third kappa shape index (κ3) is 3.46. The molecule has 22 heavy (non-hydrogen) atoms. The largest absolute Gasteiger partial charge is 0.497 e. The zero-order valence-electron chi connectivity index (χ0n) is 12.7. The van der Waals surface area contributed by atoms with E-state index in [0.29, 0.717) is 13.1 Å². The van der Waals surface area contributed by atoms with E-state index in [1.807, 2.05) is 36.4 Å². The lowest BCUT2D eigenvalue weighted by Gasteiger charge is -2.14. The van der Waals surface area contributed by atoms with Gasteiger partial charge in [-0.15, -0.1) is 0 Å². The second-order valence-electron chi connectivity index (χ2n) is 5.54. The van der Waals surface area contributed by atoms with Crippen LogP contribution in [0.4, 0.5) is 0 Å². The highest BCUT2D eigenvalue weighted by atomic mass is 16.5. The fourth-order valence-electron chi connectivity index (χ4n) is 2.76. The van der Waals surface area contributed by atoms with Gasteiger partial charge in [-0.25, -0.2) is 0 Å². The molecule has 0 atom stereocenters. The van der Waals surface area contributed by atoms with Crippen molar-refractivity contribution in [2.45, 2.75) is 19.6 Å². The molecule has 0 saturated carbocycles. The van der Waals surface area contributed by atoms with E-state index in [2.05, 4.69) is 22.3 Å². The summed E-state index contributed by atoms with van der Waals surface area (Å²) in [5.74, 6) is 0.859. The second-order valence-corrected chi connectivity index (χ2v) is 5.54. The molecule has 2 aromatic carbocycles. The van der Waals surface area contributed by atoms with Gasteiger partial charge in [0, 0.05) is 19.6 Å². The molecule has 2 aromatic rings. The van der Waals surface area contributed by atoms with Crippen molar-refractivity contribution in [3.63, 3.8) is 0 Å². The molecule has 0 fully saturated rings. The van der Waals surface area contributed by atoms with Crippen molar-refractivity contribution in [2.75, 3.05) is 13.7 Å². The first-order valence-electron chi connectivity index (χ1n) is 7.43. The molecule has 1 N–H and O–H groups in total. The topological polar surface area (TPSA) is 41.6 Å². The average molecular weight is 296 g/mol. The van der Waals surface area contributed by atoms with Gasteiger partial charge in [0.25, 0.3) is 0 Å². The molecule has 1 aliphatic rings. The van der Waals surface area contributed by atoms with Crippen molar-refractivity contribution in [1.82, 2.24) is 10.2 Å². The van der Waals surface area contributed by atoms with E-state index in [9.17, 15) is 4.79 Å². The lowest BCUT2D eigenvalue weighted by Crippen LogP contribution is -2.34. The Balaban J connectivity index is 1.49. The number of hydrogen-bond acceptors (Lipinski definition) is 3. The summed E-state index contributed by atoms with van der Waals surface area (Å²) in [5.41, 5.74) is 3.68. The standard InChI is InChI=1S/C18H20N2O2/c1-22-17-8-4-5-14(9-17)10-19-18(21)13-20-11-15-6-2-3-7-16(15)12-20/h2-9H,10-13H2,1H3,(H,19,21). The molecule has 4 heteroatoms. The van der Waals surface area contributed by atoms with Gasteiger partial charge in [-0.1, -0.05) is 36.4 Å². The summed E-state index contributed by atoms with van der Waals surface area (Å²) in [7, 11) is 1.64. The van der Waals surface area contributed by atoms with Crippen LogP contribution in [0.15, 0.2) is 48.5 Å². The van der Waals surface area contributed by atoms with Gasteiger partial charge in [0.1, 0.15) is 5.75 Å². The number of methoxy groups -OCH3 is 1.